The van der Waals surface area contributed by atoms with Gasteiger partial charge in [-0.1, -0.05) is 0 Å². The van der Waals surface area contributed by atoms with E-state index in [9.17, 15) is 4.91 Å². The lowest BCUT2D eigenvalue weighted by Crippen LogP contribution is -2.44. The fourth-order valence-corrected chi connectivity index (χ4v) is 2.36. The summed E-state index contributed by atoms with van der Waals surface area (Å²) >= 11 is 0. The highest BCUT2D eigenvalue weighted by atomic mass is 16.5. The van der Waals surface area contributed by atoms with Gasteiger partial charge in [-0.15, -0.1) is 4.91 Å². The van der Waals surface area contributed by atoms with Gasteiger partial charge < -0.3 is 9.64 Å². The molecule has 2 aromatic rings. The summed E-state index contributed by atoms with van der Waals surface area (Å²) in [7, 11) is 0. The highest BCUT2D eigenvalue weighted by Gasteiger charge is 2.24. The molecule has 3 rings (SSSR count). The first-order valence-electron chi connectivity index (χ1n) is 6.75. The summed E-state index contributed by atoms with van der Waals surface area (Å²) in [6.07, 6.45) is 4.94. The minimum atomic E-state index is 0.184. The SMILES string of the molecule is Cc1nc(N2CCOC[C@@H]2C)nc(-n2ccnc2)c1N=O. The van der Waals surface area contributed by atoms with Crippen LogP contribution in [0.15, 0.2) is 23.9 Å². The van der Waals surface area contributed by atoms with Crippen molar-refractivity contribution in [2.24, 2.45) is 5.18 Å². The van der Waals surface area contributed by atoms with E-state index in [0.29, 0.717) is 30.7 Å². The van der Waals surface area contributed by atoms with Crippen molar-refractivity contribution in [2.45, 2.75) is 19.9 Å². The van der Waals surface area contributed by atoms with Crippen molar-refractivity contribution in [3.05, 3.63) is 29.3 Å². The van der Waals surface area contributed by atoms with Crippen molar-refractivity contribution in [1.29, 1.82) is 0 Å². The van der Waals surface area contributed by atoms with E-state index in [2.05, 4.69) is 32.0 Å². The Bertz CT molecular complexity index is 642. The molecule has 0 amide bonds. The number of ether oxygens (including phenoxy) is 1. The first kappa shape index (κ1) is 13.6. The van der Waals surface area contributed by atoms with Gasteiger partial charge in [-0.3, -0.25) is 4.57 Å². The van der Waals surface area contributed by atoms with Crippen molar-refractivity contribution in [3.63, 3.8) is 0 Å². The van der Waals surface area contributed by atoms with Crippen LogP contribution in [-0.2, 0) is 4.74 Å². The third-order valence-corrected chi connectivity index (χ3v) is 3.49. The van der Waals surface area contributed by atoms with Crippen LogP contribution >= 0.6 is 0 Å². The number of hydrogen-bond donors (Lipinski definition) is 0. The Hall–Kier alpha value is -2.35. The summed E-state index contributed by atoms with van der Waals surface area (Å²) in [6, 6.07) is 0.184. The fourth-order valence-electron chi connectivity index (χ4n) is 2.36. The van der Waals surface area contributed by atoms with Gasteiger partial charge in [-0.25, -0.2) is 9.97 Å². The average molecular weight is 288 g/mol. The molecule has 0 radical (unpaired) electrons. The molecule has 0 spiro atoms. The summed E-state index contributed by atoms with van der Waals surface area (Å²) in [5, 5.41) is 3.06. The van der Waals surface area contributed by atoms with Crippen LogP contribution in [0, 0.1) is 11.8 Å². The molecule has 0 unspecified atom stereocenters. The van der Waals surface area contributed by atoms with Gasteiger partial charge in [0, 0.05) is 18.9 Å². The number of anilines is 1. The minimum Gasteiger partial charge on any atom is -0.377 e. The van der Waals surface area contributed by atoms with Gasteiger partial charge in [0.05, 0.1) is 24.9 Å². The van der Waals surface area contributed by atoms with Gasteiger partial charge in [0.1, 0.15) is 6.33 Å². The number of nitroso groups, excluding NO2 is 1. The molecule has 3 heterocycles. The highest BCUT2D eigenvalue weighted by Crippen LogP contribution is 2.27. The lowest BCUT2D eigenvalue weighted by molar-refractivity contribution is 0.0980. The lowest BCUT2D eigenvalue weighted by Gasteiger charge is -2.33. The van der Waals surface area contributed by atoms with Crippen molar-refractivity contribution in [2.75, 3.05) is 24.7 Å². The fraction of sp³-hybridized carbons (Fsp3) is 0.462. The van der Waals surface area contributed by atoms with Crippen LogP contribution in [0.25, 0.3) is 5.82 Å². The van der Waals surface area contributed by atoms with Crippen molar-refractivity contribution in [3.8, 4) is 5.82 Å². The molecule has 0 aliphatic carbocycles. The van der Waals surface area contributed by atoms with Crippen molar-refractivity contribution in [1.82, 2.24) is 19.5 Å². The maximum absolute atomic E-state index is 11.1. The Morgan fingerprint density at radius 1 is 1.43 bits per heavy atom. The molecule has 1 aliphatic heterocycles. The van der Waals surface area contributed by atoms with E-state index in [4.69, 9.17) is 4.74 Å². The normalized spacial score (nSPS) is 18.8. The first-order chi connectivity index (χ1) is 10.2. The van der Waals surface area contributed by atoms with E-state index in [1.165, 1.54) is 0 Å². The number of morpholine rings is 1. The molecule has 0 N–H and O–H groups in total. The molecule has 0 saturated carbocycles. The molecule has 0 aromatic carbocycles. The standard InChI is InChI=1S/C13H16N6O2/c1-9-7-21-6-5-19(9)13-15-10(2)11(17-20)12(16-13)18-4-3-14-8-18/h3-4,8-9H,5-7H2,1-2H3/t9-/m0/s1. The van der Waals surface area contributed by atoms with Gasteiger partial charge in [0.25, 0.3) is 0 Å². The van der Waals surface area contributed by atoms with Crippen LogP contribution in [0.3, 0.4) is 0 Å². The highest BCUT2D eigenvalue weighted by molar-refractivity contribution is 5.58. The monoisotopic (exact) mass is 288 g/mol. The smallest absolute Gasteiger partial charge is 0.228 e. The minimum absolute atomic E-state index is 0.184. The molecule has 110 valence electrons. The second-order valence-electron chi connectivity index (χ2n) is 4.96. The molecular formula is C13H16N6O2. The lowest BCUT2D eigenvalue weighted by atomic mass is 10.2. The topological polar surface area (TPSA) is 85.5 Å². The van der Waals surface area contributed by atoms with E-state index in [1.54, 1.807) is 30.2 Å². The van der Waals surface area contributed by atoms with Crippen LogP contribution in [-0.4, -0.2) is 45.3 Å². The number of hydrogen-bond acceptors (Lipinski definition) is 7. The molecule has 1 saturated heterocycles. The molecule has 8 nitrogen and oxygen atoms in total. The van der Waals surface area contributed by atoms with Crippen LogP contribution in [0.2, 0.25) is 0 Å². The maximum Gasteiger partial charge on any atom is 0.228 e. The van der Waals surface area contributed by atoms with E-state index in [-0.39, 0.29) is 11.7 Å². The predicted molar refractivity (Wildman–Crippen MR) is 77.0 cm³/mol. The van der Waals surface area contributed by atoms with E-state index >= 15 is 0 Å². The van der Waals surface area contributed by atoms with Crippen LogP contribution in [0.5, 0.6) is 0 Å². The predicted octanol–water partition coefficient (Wildman–Crippen LogP) is 1.59. The molecule has 8 heteroatoms. The summed E-state index contributed by atoms with van der Waals surface area (Å²) in [6.45, 7) is 5.81. The molecule has 21 heavy (non-hydrogen) atoms. The zero-order valence-corrected chi connectivity index (χ0v) is 11.9. The van der Waals surface area contributed by atoms with Crippen LogP contribution in [0.1, 0.15) is 12.6 Å². The quantitative estimate of drug-likeness (QED) is 0.797. The largest absolute Gasteiger partial charge is 0.377 e. The summed E-state index contributed by atoms with van der Waals surface area (Å²) < 4.78 is 7.10. The number of nitrogens with zero attached hydrogens (tertiary/aromatic N) is 6. The van der Waals surface area contributed by atoms with E-state index < -0.39 is 0 Å². The summed E-state index contributed by atoms with van der Waals surface area (Å²) in [5.41, 5.74) is 0.787. The maximum atomic E-state index is 11.1. The Morgan fingerprint density at radius 2 is 2.29 bits per heavy atom. The van der Waals surface area contributed by atoms with Gasteiger partial charge >= 0.3 is 0 Å². The van der Waals surface area contributed by atoms with Gasteiger partial charge in [-0.05, 0) is 19.0 Å². The third-order valence-electron chi connectivity index (χ3n) is 3.49. The molecular weight excluding hydrogens is 272 g/mol. The van der Waals surface area contributed by atoms with Crippen LogP contribution in [0.4, 0.5) is 11.6 Å². The molecule has 1 atom stereocenters. The Kier molecular flexibility index (Phi) is 3.61. The Labute approximate surface area is 121 Å². The first-order valence-corrected chi connectivity index (χ1v) is 6.75. The number of rotatable bonds is 3. The number of imidazole rings is 1. The third kappa shape index (κ3) is 2.49. The second-order valence-corrected chi connectivity index (χ2v) is 4.96. The number of aromatic nitrogens is 4. The zero-order chi connectivity index (χ0) is 14.8. The van der Waals surface area contributed by atoms with E-state index in [1.807, 2.05) is 0 Å². The molecule has 2 aromatic heterocycles. The van der Waals surface area contributed by atoms with Crippen LogP contribution < -0.4 is 4.90 Å². The van der Waals surface area contributed by atoms with Gasteiger partial charge in [-0.2, -0.15) is 4.98 Å². The molecule has 1 fully saturated rings. The molecule has 1 aliphatic rings. The van der Waals surface area contributed by atoms with Crippen molar-refractivity contribution < 1.29 is 4.74 Å². The van der Waals surface area contributed by atoms with Gasteiger partial charge in [0.15, 0.2) is 11.5 Å². The van der Waals surface area contributed by atoms with E-state index in [0.717, 1.165) is 6.54 Å². The average Bonchev–Trinajstić information content (AvgIpc) is 3.01. The summed E-state index contributed by atoms with van der Waals surface area (Å²) in [4.78, 5) is 26.1. The Balaban J connectivity index is 2.09. The molecule has 0 bridgehead atoms. The van der Waals surface area contributed by atoms with Crippen molar-refractivity contribution >= 4 is 11.6 Å². The zero-order valence-electron chi connectivity index (χ0n) is 11.9. The van der Waals surface area contributed by atoms with Gasteiger partial charge in [0.2, 0.25) is 5.95 Å². The second kappa shape index (κ2) is 5.57. The summed E-state index contributed by atoms with van der Waals surface area (Å²) in [5.74, 6) is 1.03. The number of aryl methyl sites for hydroxylation is 1. The Morgan fingerprint density at radius 3 is 2.95 bits per heavy atom.